The summed E-state index contributed by atoms with van der Waals surface area (Å²) in [6, 6.07) is 9.64. The Bertz CT molecular complexity index is 1380. The van der Waals surface area contributed by atoms with E-state index in [2.05, 4.69) is 5.32 Å². The van der Waals surface area contributed by atoms with E-state index in [4.69, 9.17) is 9.40 Å². The molecule has 0 spiro atoms. The van der Waals surface area contributed by atoms with Gasteiger partial charge in [-0.1, -0.05) is 36.2 Å². The number of pyridine rings is 1. The number of rotatable bonds is 10. The van der Waals surface area contributed by atoms with Gasteiger partial charge in [-0.3, -0.25) is 13.8 Å². The molecule has 2 saturated carbocycles. The molecule has 0 bridgehead atoms. The fraction of sp³-hybridized carbons (Fsp3) is 0.464. The number of amides is 1. The predicted molar refractivity (Wildman–Crippen MR) is 142 cm³/mol. The van der Waals surface area contributed by atoms with Crippen molar-refractivity contribution >= 4 is 34.2 Å². The number of hydrogen-bond acceptors (Lipinski definition) is 6. The fourth-order valence-electron chi connectivity index (χ4n) is 5.60. The minimum atomic E-state index is -2.50. The first-order chi connectivity index (χ1) is 18.3. The topological polar surface area (TPSA) is 136 Å². The van der Waals surface area contributed by atoms with Crippen LogP contribution in [0.2, 0.25) is 0 Å². The summed E-state index contributed by atoms with van der Waals surface area (Å²) in [6.45, 7) is 2.28. The average Bonchev–Trinajstić information content (AvgIpc) is 3.51. The summed E-state index contributed by atoms with van der Waals surface area (Å²) in [7, 11) is 1.57. The summed E-state index contributed by atoms with van der Waals surface area (Å²) in [4.78, 5) is 29.3. The Kier molecular flexibility index (Phi) is 7.65. The fourth-order valence-corrected chi connectivity index (χ4v) is 6.08. The van der Waals surface area contributed by atoms with E-state index in [1.54, 1.807) is 7.05 Å². The molecule has 1 amide bonds. The molecule has 202 valence electrons. The zero-order valence-corrected chi connectivity index (χ0v) is 22.4. The molecule has 2 aliphatic carbocycles. The summed E-state index contributed by atoms with van der Waals surface area (Å²) in [6.07, 6.45) is 4.72. The predicted octanol–water partition coefficient (Wildman–Crippen LogP) is 4.53. The van der Waals surface area contributed by atoms with Crippen molar-refractivity contribution in [3.8, 4) is 11.3 Å². The number of nitrogens with one attached hydrogen (secondary N) is 1. The lowest BCUT2D eigenvalue weighted by Gasteiger charge is -2.27. The number of benzene rings is 1. The Morgan fingerprint density at radius 1 is 1.21 bits per heavy atom. The normalized spacial score (nSPS) is 20.2. The van der Waals surface area contributed by atoms with E-state index in [-0.39, 0.29) is 36.5 Å². The van der Waals surface area contributed by atoms with Crippen molar-refractivity contribution in [2.24, 2.45) is 11.8 Å². The Labute approximate surface area is 224 Å². The molecule has 0 radical (unpaired) electrons. The molecule has 2 N–H and O–H groups in total. The zero-order chi connectivity index (χ0) is 27.0. The van der Waals surface area contributed by atoms with Gasteiger partial charge in [0.05, 0.1) is 29.1 Å². The van der Waals surface area contributed by atoms with E-state index in [0.29, 0.717) is 35.2 Å². The summed E-state index contributed by atoms with van der Waals surface area (Å²) < 4.78 is 31.9. The number of carboxylic acid groups (broad SMARTS) is 1. The van der Waals surface area contributed by atoms with Crippen LogP contribution in [0, 0.1) is 18.8 Å². The van der Waals surface area contributed by atoms with Crippen molar-refractivity contribution in [2.45, 2.75) is 57.9 Å². The van der Waals surface area contributed by atoms with Crippen molar-refractivity contribution in [1.82, 2.24) is 14.6 Å². The highest BCUT2D eigenvalue weighted by Gasteiger charge is 2.34. The average molecular weight is 539 g/mol. The highest BCUT2D eigenvalue weighted by atomic mass is 32.2. The molecule has 0 aliphatic heterocycles. The van der Waals surface area contributed by atoms with Crippen molar-refractivity contribution < 1.29 is 27.9 Å². The second-order valence-corrected chi connectivity index (χ2v) is 11.4. The molecule has 1 aromatic carbocycles. The SMILES string of the molecule is CNC(=O)c1c(-c2ccc(C)cc2)oc2nc(CN(CCC3CCCC3C(=O)O)S(=O)[O-])c(C3CC3)cc12. The van der Waals surface area contributed by atoms with Gasteiger partial charge in [0.1, 0.15) is 5.76 Å². The standard InChI is InChI=1S/C28H33N3O6S/c1-16-6-8-19(9-7-16)25-24(26(32)29-2)22-14-21(18-10-11-18)23(30-27(22)37-25)15-31(38(35)36)13-12-17-4-3-5-20(17)28(33)34/h6-9,14,17-18,20H,3-5,10-13,15H2,1-2H3,(H,29,32)(H,33,34)(H,35,36)/p-1. The molecule has 10 heteroatoms. The molecule has 3 atom stereocenters. The van der Waals surface area contributed by atoms with Crippen LogP contribution in [0.1, 0.15) is 71.6 Å². The second kappa shape index (κ2) is 11.0. The smallest absolute Gasteiger partial charge is 0.306 e. The summed E-state index contributed by atoms with van der Waals surface area (Å²) in [5, 5.41) is 12.8. The van der Waals surface area contributed by atoms with Crippen LogP contribution in [-0.2, 0) is 22.6 Å². The van der Waals surface area contributed by atoms with E-state index in [0.717, 1.165) is 42.4 Å². The van der Waals surface area contributed by atoms with Gasteiger partial charge in [0.15, 0.2) is 0 Å². The van der Waals surface area contributed by atoms with Crippen LogP contribution in [0.5, 0.6) is 0 Å². The van der Waals surface area contributed by atoms with Crippen LogP contribution >= 0.6 is 0 Å². The maximum Gasteiger partial charge on any atom is 0.306 e. The van der Waals surface area contributed by atoms with Gasteiger partial charge in [-0.05, 0) is 62.5 Å². The summed E-state index contributed by atoms with van der Waals surface area (Å²) in [5.41, 5.74) is 4.08. The number of aliphatic carboxylic acids is 1. The highest BCUT2D eigenvalue weighted by Crippen LogP contribution is 2.44. The number of furan rings is 1. The molecule has 3 unspecified atom stereocenters. The lowest BCUT2D eigenvalue weighted by molar-refractivity contribution is -0.143. The van der Waals surface area contributed by atoms with E-state index in [9.17, 15) is 23.5 Å². The number of aryl methyl sites for hydroxylation is 1. The summed E-state index contributed by atoms with van der Waals surface area (Å²) >= 11 is -2.50. The number of hydrogen-bond donors (Lipinski definition) is 2. The minimum absolute atomic E-state index is 0.0332. The Morgan fingerprint density at radius 2 is 1.95 bits per heavy atom. The zero-order valence-electron chi connectivity index (χ0n) is 21.6. The Hall–Kier alpha value is -3.08. The molecular formula is C28H32N3O6S-. The third kappa shape index (κ3) is 5.39. The molecule has 2 aliphatic rings. The van der Waals surface area contributed by atoms with Gasteiger partial charge < -0.3 is 19.4 Å². The number of carbonyl (C=O) groups is 2. The maximum atomic E-state index is 13.0. The van der Waals surface area contributed by atoms with Gasteiger partial charge >= 0.3 is 5.97 Å². The third-order valence-corrected chi connectivity index (χ3v) is 8.58. The summed E-state index contributed by atoms with van der Waals surface area (Å²) in [5.74, 6) is -0.850. The first-order valence-electron chi connectivity index (χ1n) is 13.1. The van der Waals surface area contributed by atoms with Crippen LogP contribution in [0.4, 0.5) is 0 Å². The van der Waals surface area contributed by atoms with Crippen LogP contribution in [0.15, 0.2) is 34.7 Å². The molecule has 0 saturated heterocycles. The van der Waals surface area contributed by atoms with Crippen LogP contribution < -0.4 is 5.32 Å². The molecule has 3 aromatic rings. The van der Waals surface area contributed by atoms with Crippen molar-refractivity contribution in [3.05, 3.63) is 52.7 Å². The maximum absolute atomic E-state index is 13.0. The first kappa shape index (κ1) is 26.5. The van der Waals surface area contributed by atoms with Crippen molar-refractivity contribution in [2.75, 3.05) is 13.6 Å². The molecule has 38 heavy (non-hydrogen) atoms. The molecular weight excluding hydrogens is 506 g/mol. The lowest BCUT2D eigenvalue weighted by Crippen LogP contribution is -2.30. The largest absolute Gasteiger partial charge is 0.760 e. The first-order valence-corrected chi connectivity index (χ1v) is 14.1. The molecule has 9 nitrogen and oxygen atoms in total. The number of nitrogens with zero attached hydrogens (tertiary/aromatic N) is 2. The van der Waals surface area contributed by atoms with E-state index >= 15 is 0 Å². The molecule has 5 rings (SSSR count). The van der Waals surface area contributed by atoms with Gasteiger partial charge in [-0.2, -0.15) is 0 Å². The van der Waals surface area contributed by atoms with Gasteiger partial charge in [-0.15, -0.1) is 0 Å². The quantitative estimate of drug-likeness (QED) is 0.362. The number of fused-ring (bicyclic) bond motifs is 1. The minimum Gasteiger partial charge on any atom is -0.760 e. The number of aromatic nitrogens is 1. The second-order valence-electron chi connectivity index (χ2n) is 10.4. The van der Waals surface area contributed by atoms with Crippen LogP contribution in [0.3, 0.4) is 0 Å². The molecule has 2 fully saturated rings. The number of carbonyl (C=O) groups excluding carboxylic acids is 1. The molecule has 2 aromatic heterocycles. The number of carboxylic acids is 1. The third-order valence-electron chi connectivity index (χ3n) is 7.84. The van der Waals surface area contributed by atoms with E-state index in [1.165, 1.54) is 4.31 Å². The van der Waals surface area contributed by atoms with Gasteiger partial charge in [0.25, 0.3) is 5.91 Å². The van der Waals surface area contributed by atoms with Gasteiger partial charge in [0, 0.05) is 30.4 Å². The Morgan fingerprint density at radius 3 is 2.58 bits per heavy atom. The van der Waals surface area contributed by atoms with Crippen molar-refractivity contribution in [1.29, 1.82) is 0 Å². The van der Waals surface area contributed by atoms with E-state index < -0.39 is 23.2 Å². The van der Waals surface area contributed by atoms with E-state index in [1.807, 2.05) is 37.3 Å². The lowest BCUT2D eigenvalue weighted by atomic mass is 9.93. The molecule has 2 heterocycles. The van der Waals surface area contributed by atoms with Crippen LogP contribution in [-0.4, -0.2) is 48.6 Å². The van der Waals surface area contributed by atoms with Gasteiger partial charge in [-0.25, -0.2) is 9.29 Å². The monoisotopic (exact) mass is 538 g/mol. The van der Waals surface area contributed by atoms with Gasteiger partial charge in [0.2, 0.25) is 5.71 Å². The highest BCUT2D eigenvalue weighted by molar-refractivity contribution is 7.76. The van der Waals surface area contributed by atoms with Crippen molar-refractivity contribution in [3.63, 3.8) is 0 Å². The Balaban J connectivity index is 1.50. The van der Waals surface area contributed by atoms with Crippen LogP contribution in [0.25, 0.3) is 22.4 Å².